The molecule has 140 valence electrons. The summed E-state index contributed by atoms with van der Waals surface area (Å²) in [4.78, 5) is 21.8. The number of ether oxygens (including phenoxy) is 1. The smallest absolute Gasteiger partial charge is 0.273 e. The zero-order valence-electron chi connectivity index (χ0n) is 15.1. The van der Waals surface area contributed by atoms with Gasteiger partial charge >= 0.3 is 0 Å². The van der Waals surface area contributed by atoms with Gasteiger partial charge in [0.1, 0.15) is 10.7 Å². The Kier molecular flexibility index (Phi) is 6.73. The Morgan fingerprint density at radius 3 is 2.73 bits per heavy atom. The van der Waals surface area contributed by atoms with Gasteiger partial charge in [0.2, 0.25) is 0 Å². The number of carbonyl (C=O) groups is 1. The predicted molar refractivity (Wildman–Crippen MR) is 103 cm³/mol. The van der Waals surface area contributed by atoms with Crippen LogP contribution in [0.1, 0.15) is 28.0 Å². The van der Waals surface area contributed by atoms with Gasteiger partial charge in [-0.1, -0.05) is 30.3 Å². The lowest BCUT2D eigenvalue weighted by molar-refractivity contribution is 0.0227. The molecule has 1 saturated heterocycles. The topological polar surface area (TPSA) is 71.7 Å². The van der Waals surface area contributed by atoms with Crippen molar-refractivity contribution in [2.75, 3.05) is 32.8 Å². The molecule has 1 aliphatic heterocycles. The summed E-state index contributed by atoms with van der Waals surface area (Å²) >= 11 is 1.44. The lowest BCUT2D eigenvalue weighted by atomic mass is 10.1. The molecule has 0 bridgehead atoms. The van der Waals surface area contributed by atoms with Crippen molar-refractivity contribution < 1.29 is 9.53 Å². The minimum atomic E-state index is -0.0365. The number of nitrogens with zero attached hydrogens (tertiary/aromatic N) is 3. The van der Waals surface area contributed by atoms with E-state index in [0.29, 0.717) is 18.8 Å². The van der Waals surface area contributed by atoms with Gasteiger partial charge in [0.05, 0.1) is 13.2 Å². The number of hydrogen-bond acceptors (Lipinski definition) is 6. The fraction of sp³-hybridized carbons (Fsp3) is 0.474. The number of thiazole rings is 1. The van der Waals surface area contributed by atoms with Crippen molar-refractivity contribution >= 4 is 17.2 Å². The Labute approximate surface area is 158 Å². The zero-order chi connectivity index (χ0) is 18.4. The van der Waals surface area contributed by atoms with Crippen molar-refractivity contribution in [2.45, 2.75) is 26.1 Å². The number of amides is 1. The maximum atomic E-state index is 13.1. The Hall–Kier alpha value is -1.80. The van der Waals surface area contributed by atoms with Crippen LogP contribution < -0.4 is 5.73 Å². The average Bonchev–Trinajstić information content (AvgIpc) is 3.16. The number of nitrogens with two attached hydrogens (primary N) is 1. The van der Waals surface area contributed by atoms with Gasteiger partial charge in [-0.3, -0.25) is 9.69 Å². The molecule has 0 radical (unpaired) electrons. The second-order valence-corrected chi connectivity index (χ2v) is 7.45. The van der Waals surface area contributed by atoms with E-state index in [0.717, 1.165) is 43.4 Å². The monoisotopic (exact) mass is 374 g/mol. The van der Waals surface area contributed by atoms with Crippen LogP contribution in [0, 0.1) is 0 Å². The van der Waals surface area contributed by atoms with Crippen LogP contribution in [0.5, 0.6) is 0 Å². The first kappa shape index (κ1) is 19.0. The molecule has 2 heterocycles. The molecule has 26 heavy (non-hydrogen) atoms. The lowest BCUT2D eigenvalue weighted by Gasteiger charge is -2.35. The van der Waals surface area contributed by atoms with Crippen LogP contribution in [-0.2, 0) is 17.8 Å². The second kappa shape index (κ2) is 9.23. The van der Waals surface area contributed by atoms with Crippen molar-refractivity contribution in [1.82, 2.24) is 14.8 Å². The van der Waals surface area contributed by atoms with E-state index in [-0.39, 0.29) is 11.9 Å². The molecule has 6 nitrogen and oxygen atoms in total. The van der Waals surface area contributed by atoms with Crippen molar-refractivity contribution in [1.29, 1.82) is 0 Å². The van der Waals surface area contributed by atoms with E-state index < -0.39 is 0 Å². The van der Waals surface area contributed by atoms with Crippen molar-refractivity contribution in [3.8, 4) is 0 Å². The summed E-state index contributed by atoms with van der Waals surface area (Å²) in [5.41, 5.74) is 7.25. The molecular formula is C19H26N4O2S. The molecule has 0 aliphatic carbocycles. The molecule has 0 spiro atoms. The number of carbonyl (C=O) groups excluding carboxylic acids is 1. The molecule has 0 saturated carbocycles. The van der Waals surface area contributed by atoms with Gasteiger partial charge in [-0.05, 0) is 12.5 Å². The third-order valence-electron chi connectivity index (χ3n) is 4.56. The number of rotatable bonds is 7. The number of benzene rings is 1. The van der Waals surface area contributed by atoms with Gasteiger partial charge in [-0.2, -0.15) is 0 Å². The Morgan fingerprint density at radius 1 is 1.35 bits per heavy atom. The summed E-state index contributed by atoms with van der Waals surface area (Å²) in [6, 6.07) is 10.2. The molecule has 2 aromatic rings. The third kappa shape index (κ3) is 4.88. The first-order valence-electron chi connectivity index (χ1n) is 8.97. The van der Waals surface area contributed by atoms with Gasteiger partial charge in [-0.15, -0.1) is 11.3 Å². The molecule has 3 rings (SSSR count). The zero-order valence-corrected chi connectivity index (χ0v) is 16.0. The molecule has 1 unspecified atom stereocenters. The van der Waals surface area contributed by atoms with Gasteiger partial charge in [0.25, 0.3) is 5.91 Å². The highest BCUT2D eigenvalue weighted by Crippen LogP contribution is 2.17. The van der Waals surface area contributed by atoms with E-state index >= 15 is 0 Å². The first-order chi connectivity index (χ1) is 12.7. The van der Waals surface area contributed by atoms with E-state index in [9.17, 15) is 4.79 Å². The SMILES string of the molecule is CC(CN1CCOCC1)N(Cc1ccccc1)C(=O)c1csc(CN)n1. The van der Waals surface area contributed by atoms with Crippen LogP contribution in [-0.4, -0.2) is 59.6 Å². The average molecular weight is 375 g/mol. The number of morpholine rings is 1. The highest BCUT2D eigenvalue weighted by molar-refractivity contribution is 7.09. The highest BCUT2D eigenvalue weighted by Gasteiger charge is 2.26. The van der Waals surface area contributed by atoms with Crippen LogP contribution >= 0.6 is 11.3 Å². The molecule has 1 aliphatic rings. The van der Waals surface area contributed by atoms with Crippen LogP contribution in [0.25, 0.3) is 0 Å². The quantitative estimate of drug-likeness (QED) is 0.802. The van der Waals surface area contributed by atoms with Crippen molar-refractivity contribution in [3.63, 3.8) is 0 Å². The number of aromatic nitrogens is 1. The standard InChI is InChI=1S/C19H26N4O2S/c1-15(12-22-7-9-25-10-8-22)23(13-16-5-3-2-4-6-16)19(24)17-14-26-18(11-20)21-17/h2-6,14-15H,7-13,20H2,1H3. The van der Waals surface area contributed by atoms with Crippen LogP contribution in [0.2, 0.25) is 0 Å². The largest absolute Gasteiger partial charge is 0.379 e. The molecule has 1 amide bonds. The second-order valence-electron chi connectivity index (χ2n) is 6.51. The molecule has 1 aromatic heterocycles. The summed E-state index contributed by atoms with van der Waals surface area (Å²) in [6.45, 7) is 7.19. The van der Waals surface area contributed by atoms with Crippen LogP contribution in [0.3, 0.4) is 0 Å². The van der Waals surface area contributed by atoms with Gasteiger partial charge in [-0.25, -0.2) is 4.98 Å². The maximum Gasteiger partial charge on any atom is 0.273 e. The van der Waals surface area contributed by atoms with Crippen molar-refractivity contribution in [2.24, 2.45) is 5.73 Å². The summed E-state index contributed by atoms with van der Waals surface area (Å²) < 4.78 is 5.43. The molecule has 7 heteroatoms. The Morgan fingerprint density at radius 2 is 2.08 bits per heavy atom. The highest BCUT2D eigenvalue weighted by atomic mass is 32.1. The molecule has 1 atom stereocenters. The van der Waals surface area contributed by atoms with E-state index in [1.54, 1.807) is 0 Å². The van der Waals surface area contributed by atoms with E-state index in [1.807, 2.05) is 40.6 Å². The van der Waals surface area contributed by atoms with Crippen LogP contribution in [0.15, 0.2) is 35.7 Å². The third-order valence-corrected chi connectivity index (χ3v) is 5.43. The summed E-state index contributed by atoms with van der Waals surface area (Å²) in [7, 11) is 0. The fourth-order valence-corrected chi connectivity index (χ4v) is 3.76. The predicted octanol–water partition coefficient (Wildman–Crippen LogP) is 1.96. The van der Waals surface area contributed by atoms with Crippen LogP contribution in [0.4, 0.5) is 0 Å². The molecule has 1 fully saturated rings. The van der Waals surface area contributed by atoms with E-state index in [1.165, 1.54) is 11.3 Å². The molecule has 1 aromatic carbocycles. The summed E-state index contributed by atoms with van der Waals surface area (Å²) in [5.74, 6) is -0.0365. The van der Waals surface area contributed by atoms with Gasteiger partial charge in [0.15, 0.2) is 0 Å². The first-order valence-corrected chi connectivity index (χ1v) is 9.85. The molecule has 2 N–H and O–H groups in total. The lowest BCUT2D eigenvalue weighted by Crippen LogP contribution is -2.48. The van der Waals surface area contributed by atoms with E-state index in [4.69, 9.17) is 10.5 Å². The Bertz CT molecular complexity index is 701. The van der Waals surface area contributed by atoms with Gasteiger partial charge in [0, 0.05) is 44.1 Å². The van der Waals surface area contributed by atoms with Crippen molar-refractivity contribution in [3.05, 3.63) is 52.0 Å². The summed E-state index contributed by atoms with van der Waals surface area (Å²) in [6.07, 6.45) is 0. The fourth-order valence-electron chi connectivity index (χ4n) is 3.11. The Balaban J connectivity index is 1.76. The summed E-state index contributed by atoms with van der Waals surface area (Å²) in [5, 5.41) is 2.60. The minimum Gasteiger partial charge on any atom is -0.379 e. The minimum absolute atomic E-state index is 0.0365. The van der Waals surface area contributed by atoms with Gasteiger partial charge < -0.3 is 15.4 Å². The maximum absolute atomic E-state index is 13.1. The molecular weight excluding hydrogens is 348 g/mol. The normalized spacial score (nSPS) is 16.4. The van der Waals surface area contributed by atoms with E-state index in [2.05, 4.69) is 16.8 Å². The number of hydrogen-bond donors (Lipinski definition) is 1.